The summed E-state index contributed by atoms with van der Waals surface area (Å²) in [5.41, 5.74) is 0. The first kappa shape index (κ1) is 14.9. The number of hydrogen-bond acceptors (Lipinski definition) is 5. The molecule has 1 unspecified atom stereocenters. The van der Waals surface area contributed by atoms with Gasteiger partial charge in [-0.25, -0.2) is 0 Å². The van der Waals surface area contributed by atoms with Crippen LogP contribution in [0.2, 0.25) is 0 Å². The van der Waals surface area contributed by atoms with E-state index in [0.717, 1.165) is 6.42 Å². The van der Waals surface area contributed by atoms with Crippen LogP contribution in [0.15, 0.2) is 0 Å². The van der Waals surface area contributed by atoms with Gasteiger partial charge in [-0.2, -0.15) is 0 Å². The van der Waals surface area contributed by atoms with E-state index in [1.54, 1.807) is 7.11 Å². The monoisotopic (exact) mass is 248 g/mol. The Morgan fingerprint density at radius 1 is 1.06 bits per heavy atom. The summed E-state index contributed by atoms with van der Waals surface area (Å²) in [6, 6.07) is 0. The maximum Gasteiger partial charge on any atom is 0.163 e. The number of ether oxygens (including phenoxy) is 5. The first-order chi connectivity index (χ1) is 8.14. The highest BCUT2D eigenvalue weighted by Crippen LogP contribution is 2.23. The average Bonchev–Trinajstić information content (AvgIpc) is 2.62. The summed E-state index contributed by atoms with van der Waals surface area (Å²) < 4.78 is 26.7. The molecule has 0 bridgehead atoms. The van der Waals surface area contributed by atoms with Crippen LogP contribution in [-0.4, -0.2) is 58.6 Å². The van der Waals surface area contributed by atoms with E-state index in [0.29, 0.717) is 39.6 Å². The van der Waals surface area contributed by atoms with Crippen LogP contribution in [0.5, 0.6) is 0 Å². The highest BCUT2D eigenvalue weighted by atomic mass is 16.7. The Labute approximate surface area is 103 Å². The molecule has 0 aliphatic carbocycles. The van der Waals surface area contributed by atoms with Crippen molar-refractivity contribution in [3.63, 3.8) is 0 Å². The summed E-state index contributed by atoms with van der Waals surface area (Å²) in [6.07, 6.45) is 1.01. The molecule has 0 amide bonds. The molecule has 1 aliphatic rings. The van der Waals surface area contributed by atoms with Crippen LogP contribution in [0.3, 0.4) is 0 Å². The minimum atomic E-state index is -0.437. The molecule has 0 saturated carbocycles. The second kappa shape index (κ2) is 8.00. The van der Waals surface area contributed by atoms with Crippen LogP contribution in [0.25, 0.3) is 0 Å². The maximum atomic E-state index is 5.66. The second-order valence-electron chi connectivity index (χ2n) is 4.46. The van der Waals surface area contributed by atoms with E-state index in [4.69, 9.17) is 23.7 Å². The fraction of sp³-hybridized carbons (Fsp3) is 1.00. The van der Waals surface area contributed by atoms with Gasteiger partial charge < -0.3 is 23.7 Å². The predicted molar refractivity (Wildman–Crippen MR) is 63.0 cm³/mol. The molecule has 0 spiro atoms. The molecular weight excluding hydrogens is 224 g/mol. The van der Waals surface area contributed by atoms with Crippen LogP contribution in [0.4, 0.5) is 0 Å². The Balaban J connectivity index is 1.85. The predicted octanol–water partition coefficient (Wildman–Crippen LogP) is 1.21. The molecule has 102 valence electrons. The Hall–Kier alpha value is -0.200. The molecule has 17 heavy (non-hydrogen) atoms. The molecule has 1 fully saturated rings. The number of rotatable bonds is 9. The Morgan fingerprint density at radius 3 is 2.29 bits per heavy atom. The molecule has 1 heterocycles. The van der Waals surface area contributed by atoms with Crippen molar-refractivity contribution in [2.24, 2.45) is 0 Å². The molecule has 0 aromatic rings. The van der Waals surface area contributed by atoms with E-state index in [9.17, 15) is 0 Å². The van der Waals surface area contributed by atoms with Gasteiger partial charge in [0.2, 0.25) is 0 Å². The van der Waals surface area contributed by atoms with E-state index in [1.165, 1.54) is 0 Å². The van der Waals surface area contributed by atoms with Gasteiger partial charge in [0.05, 0.1) is 39.1 Å². The molecule has 1 aliphatic heterocycles. The van der Waals surface area contributed by atoms with Crippen LogP contribution in [-0.2, 0) is 23.7 Å². The fourth-order valence-corrected chi connectivity index (χ4v) is 1.58. The first-order valence-electron chi connectivity index (χ1n) is 6.10. The van der Waals surface area contributed by atoms with Crippen molar-refractivity contribution in [2.45, 2.75) is 32.2 Å². The lowest BCUT2D eigenvalue weighted by Crippen LogP contribution is -2.22. The summed E-state index contributed by atoms with van der Waals surface area (Å²) in [4.78, 5) is 0. The lowest BCUT2D eigenvalue weighted by molar-refractivity contribution is -0.140. The molecule has 0 N–H and O–H groups in total. The third-order valence-corrected chi connectivity index (χ3v) is 2.46. The summed E-state index contributed by atoms with van der Waals surface area (Å²) in [7, 11) is 1.66. The fourth-order valence-electron chi connectivity index (χ4n) is 1.58. The third kappa shape index (κ3) is 6.95. The van der Waals surface area contributed by atoms with Gasteiger partial charge in [-0.05, 0) is 20.3 Å². The van der Waals surface area contributed by atoms with Crippen molar-refractivity contribution in [1.82, 2.24) is 0 Å². The van der Waals surface area contributed by atoms with Crippen molar-refractivity contribution in [3.8, 4) is 0 Å². The van der Waals surface area contributed by atoms with Crippen LogP contribution in [0, 0.1) is 0 Å². The first-order valence-corrected chi connectivity index (χ1v) is 6.10. The Bertz CT molecular complexity index is 195. The smallest absolute Gasteiger partial charge is 0.163 e. The molecule has 5 heteroatoms. The van der Waals surface area contributed by atoms with E-state index in [-0.39, 0.29) is 6.10 Å². The largest absolute Gasteiger partial charge is 0.382 e. The van der Waals surface area contributed by atoms with E-state index in [1.807, 2.05) is 13.8 Å². The van der Waals surface area contributed by atoms with Crippen LogP contribution >= 0.6 is 0 Å². The highest BCUT2D eigenvalue weighted by molar-refractivity contribution is 4.70. The average molecular weight is 248 g/mol. The topological polar surface area (TPSA) is 46.2 Å². The third-order valence-electron chi connectivity index (χ3n) is 2.46. The van der Waals surface area contributed by atoms with Crippen molar-refractivity contribution in [3.05, 3.63) is 0 Å². The molecule has 0 aromatic carbocycles. The van der Waals surface area contributed by atoms with Gasteiger partial charge >= 0.3 is 0 Å². The zero-order chi connectivity index (χ0) is 12.6. The van der Waals surface area contributed by atoms with Crippen LogP contribution < -0.4 is 0 Å². The zero-order valence-electron chi connectivity index (χ0n) is 11.1. The molecule has 5 nitrogen and oxygen atoms in total. The van der Waals surface area contributed by atoms with Crippen molar-refractivity contribution in [1.29, 1.82) is 0 Å². The standard InChI is InChI=1S/C12H24O5/c1-12(2)16-10-11(17-12)4-5-14-8-9-15-7-6-13-3/h11H,4-10H2,1-3H3. The van der Waals surface area contributed by atoms with Gasteiger partial charge in [-0.3, -0.25) is 0 Å². The maximum absolute atomic E-state index is 5.66. The SMILES string of the molecule is COCCOCCOCCC1COC(C)(C)O1. The van der Waals surface area contributed by atoms with Gasteiger partial charge in [-0.15, -0.1) is 0 Å². The lowest BCUT2D eigenvalue weighted by atomic mass is 10.3. The van der Waals surface area contributed by atoms with Crippen LogP contribution in [0.1, 0.15) is 20.3 Å². The van der Waals surface area contributed by atoms with Crippen molar-refractivity contribution in [2.75, 3.05) is 46.8 Å². The molecular formula is C12H24O5. The van der Waals surface area contributed by atoms with Gasteiger partial charge in [0.1, 0.15) is 0 Å². The summed E-state index contributed by atoms with van der Waals surface area (Å²) >= 11 is 0. The van der Waals surface area contributed by atoms with Gasteiger partial charge in [0.25, 0.3) is 0 Å². The van der Waals surface area contributed by atoms with E-state index in [2.05, 4.69) is 0 Å². The second-order valence-corrected chi connectivity index (χ2v) is 4.46. The van der Waals surface area contributed by atoms with Gasteiger partial charge in [0, 0.05) is 13.7 Å². The molecule has 0 aromatic heterocycles. The van der Waals surface area contributed by atoms with Crippen molar-refractivity contribution < 1.29 is 23.7 Å². The minimum absolute atomic E-state index is 0.152. The number of methoxy groups -OCH3 is 1. The lowest BCUT2D eigenvalue weighted by Gasteiger charge is -2.17. The molecule has 0 radical (unpaired) electrons. The van der Waals surface area contributed by atoms with E-state index < -0.39 is 5.79 Å². The van der Waals surface area contributed by atoms with Gasteiger partial charge in [0.15, 0.2) is 5.79 Å². The summed E-state index contributed by atoms with van der Waals surface area (Å²) in [6.45, 7) is 7.65. The van der Waals surface area contributed by atoms with E-state index >= 15 is 0 Å². The van der Waals surface area contributed by atoms with Gasteiger partial charge in [-0.1, -0.05) is 0 Å². The molecule has 1 atom stereocenters. The Kier molecular flexibility index (Phi) is 6.99. The minimum Gasteiger partial charge on any atom is -0.382 e. The zero-order valence-corrected chi connectivity index (χ0v) is 11.1. The Morgan fingerprint density at radius 2 is 1.71 bits per heavy atom. The normalized spacial score (nSPS) is 23.1. The molecule has 1 rings (SSSR count). The summed E-state index contributed by atoms with van der Waals surface area (Å²) in [5, 5.41) is 0. The summed E-state index contributed by atoms with van der Waals surface area (Å²) in [5.74, 6) is -0.437. The van der Waals surface area contributed by atoms with Crippen molar-refractivity contribution >= 4 is 0 Å². The number of hydrogen-bond donors (Lipinski definition) is 0. The molecule has 1 saturated heterocycles. The highest BCUT2D eigenvalue weighted by Gasteiger charge is 2.32. The quantitative estimate of drug-likeness (QED) is 0.574.